The van der Waals surface area contributed by atoms with E-state index in [0.717, 1.165) is 31.3 Å². The van der Waals surface area contributed by atoms with Crippen molar-refractivity contribution in [1.82, 2.24) is 0 Å². The highest BCUT2D eigenvalue weighted by Gasteiger charge is 2.45. The van der Waals surface area contributed by atoms with Crippen LogP contribution in [-0.2, 0) is 14.3 Å². The number of hydrogen-bond donors (Lipinski definition) is 2. The molecule has 0 aromatic rings. The first-order chi connectivity index (χ1) is 15.5. The van der Waals surface area contributed by atoms with Crippen molar-refractivity contribution in [3.05, 3.63) is 36.0 Å². The van der Waals surface area contributed by atoms with Gasteiger partial charge in [0.15, 0.2) is 0 Å². The van der Waals surface area contributed by atoms with Crippen LogP contribution in [0.4, 0.5) is 0 Å². The molecule has 0 bridgehead atoms. The molecule has 1 saturated heterocycles. The fourth-order valence-corrected chi connectivity index (χ4v) is 4.74. The van der Waals surface area contributed by atoms with Crippen molar-refractivity contribution in [3.63, 3.8) is 0 Å². The second-order valence-electron chi connectivity index (χ2n) is 10.7. The summed E-state index contributed by atoms with van der Waals surface area (Å²) in [6.07, 6.45) is 14.5. The van der Waals surface area contributed by atoms with Gasteiger partial charge in [0.25, 0.3) is 0 Å². The summed E-state index contributed by atoms with van der Waals surface area (Å²) in [7, 11) is 0. The van der Waals surface area contributed by atoms with Crippen molar-refractivity contribution in [1.29, 1.82) is 0 Å². The van der Waals surface area contributed by atoms with Crippen molar-refractivity contribution in [2.24, 2.45) is 17.8 Å². The molecule has 0 saturated carbocycles. The Morgan fingerprint density at radius 3 is 2.76 bits per heavy atom. The number of carbonyl (C=O) groups is 1. The van der Waals surface area contributed by atoms with E-state index in [4.69, 9.17) is 9.47 Å². The van der Waals surface area contributed by atoms with Gasteiger partial charge in [-0.25, -0.2) is 0 Å². The standard InChI is InChI=1S/C28H46O5/c1-7-10-20(3)27-24(32-27)18-28(6,31)16-9-13-22(5)26-21(4)12-8-11-19(2)14-15-23(29)17-25(30)33-26/h8-9,12-13,16,19-21,23-24,26-27,29,31H,7,10-11,14-15,17-18H2,1-6H3/b12-8+,16-9+,22-13+/t19-,20-,21+,23-,24-,26+,27-,28+/m1/s1. The third-order valence-corrected chi connectivity index (χ3v) is 6.91. The van der Waals surface area contributed by atoms with Crippen LogP contribution in [0.2, 0.25) is 0 Å². The van der Waals surface area contributed by atoms with Gasteiger partial charge in [-0.2, -0.15) is 0 Å². The van der Waals surface area contributed by atoms with Crippen molar-refractivity contribution in [2.75, 3.05) is 0 Å². The van der Waals surface area contributed by atoms with Crippen molar-refractivity contribution in [2.45, 2.75) is 117 Å². The fourth-order valence-electron chi connectivity index (χ4n) is 4.74. The van der Waals surface area contributed by atoms with Crippen LogP contribution in [0.25, 0.3) is 0 Å². The van der Waals surface area contributed by atoms with Crippen LogP contribution in [0, 0.1) is 17.8 Å². The Hall–Kier alpha value is -1.43. The molecule has 33 heavy (non-hydrogen) atoms. The molecule has 2 N–H and O–H groups in total. The van der Waals surface area contributed by atoms with Crippen LogP contribution in [0.5, 0.6) is 0 Å². The normalized spacial score (nSPS) is 35.8. The zero-order chi connectivity index (χ0) is 24.6. The highest BCUT2D eigenvalue weighted by Crippen LogP contribution is 2.37. The predicted molar refractivity (Wildman–Crippen MR) is 133 cm³/mol. The minimum atomic E-state index is -0.961. The minimum Gasteiger partial charge on any atom is -0.457 e. The lowest BCUT2D eigenvalue weighted by atomic mass is 9.92. The second kappa shape index (κ2) is 12.9. The Morgan fingerprint density at radius 1 is 1.33 bits per heavy atom. The Bertz CT molecular complexity index is 707. The lowest BCUT2D eigenvalue weighted by Crippen LogP contribution is -2.28. The molecule has 2 heterocycles. The molecular weight excluding hydrogens is 416 g/mol. The molecule has 0 aromatic heterocycles. The first kappa shape index (κ1) is 27.8. The number of ether oxygens (including phenoxy) is 2. The molecule has 0 radical (unpaired) electrons. The van der Waals surface area contributed by atoms with Crippen LogP contribution in [0.1, 0.15) is 86.5 Å². The fraction of sp³-hybridized carbons (Fsp3) is 0.750. The van der Waals surface area contributed by atoms with Gasteiger partial charge in [0.05, 0.1) is 30.3 Å². The number of hydrogen-bond acceptors (Lipinski definition) is 5. The second-order valence-corrected chi connectivity index (χ2v) is 10.7. The van der Waals surface area contributed by atoms with Crippen LogP contribution in [-0.4, -0.2) is 46.2 Å². The summed E-state index contributed by atoms with van der Waals surface area (Å²) in [5.41, 5.74) is -0.0545. The van der Waals surface area contributed by atoms with E-state index in [2.05, 4.69) is 32.9 Å². The van der Waals surface area contributed by atoms with Gasteiger partial charge in [0, 0.05) is 12.3 Å². The number of esters is 1. The molecule has 188 valence electrons. The van der Waals surface area contributed by atoms with E-state index in [1.807, 2.05) is 26.0 Å². The lowest BCUT2D eigenvalue weighted by Gasteiger charge is -2.25. The molecule has 0 amide bonds. The minimum absolute atomic E-state index is 0.0172. The molecular formula is C28H46O5. The molecule has 0 unspecified atom stereocenters. The number of rotatable bonds is 8. The van der Waals surface area contributed by atoms with E-state index < -0.39 is 17.8 Å². The Kier molecular flexibility index (Phi) is 10.8. The lowest BCUT2D eigenvalue weighted by molar-refractivity contribution is -0.151. The number of allylic oxidation sites excluding steroid dienone is 3. The number of aliphatic hydroxyl groups excluding tert-OH is 1. The number of carbonyl (C=O) groups excluding carboxylic acids is 1. The van der Waals surface area contributed by atoms with E-state index in [0.29, 0.717) is 24.7 Å². The van der Waals surface area contributed by atoms with E-state index in [1.165, 1.54) is 0 Å². The maximum absolute atomic E-state index is 12.4. The van der Waals surface area contributed by atoms with Gasteiger partial charge in [0.2, 0.25) is 0 Å². The van der Waals surface area contributed by atoms with Crippen molar-refractivity contribution >= 4 is 5.97 Å². The van der Waals surface area contributed by atoms with Crippen molar-refractivity contribution < 1.29 is 24.5 Å². The zero-order valence-electron chi connectivity index (χ0n) is 21.5. The summed E-state index contributed by atoms with van der Waals surface area (Å²) in [5.74, 6) is 0.638. The summed E-state index contributed by atoms with van der Waals surface area (Å²) in [6, 6.07) is 0. The molecule has 0 aliphatic carbocycles. The molecule has 5 heteroatoms. The molecule has 5 nitrogen and oxygen atoms in total. The highest BCUT2D eigenvalue weighted by atomic mass is 16.6. The van der Waals surface area contributed by atoms with E-state index in [9.17, 15) is 15.0 Å². The topological polar surface area (TPSA) is 79.3 Å². The summed E-state index contributed by atoms with van der Waals surface area (Å²) in [4.78, 5) is 12.4. The van der Waals surface area contributed by atoms with Crippen LogP contribution < -0.4 is 0 Å². The van der Waals surface area contributed by atoms with Crippen LogP contribution >= 0.6 is 0 Å². The summed E-state index contributed by atoms with van der Waals surface area (Å²) < 4.78 is 11.6. The number of epoxide rings is 1. The average Bonchev–Trinajstić information content (AvgIpc) is 3.48. The van der Waals surface area contributed by atoms with Crippen molar-refractivity contribution in [3.8, 4) is 0 Å². The summed E-state index contributed by atoms with van der Waals surface area (Å²) in [5, 5.41) is 21.0. The smallest absolute Gasteiger partial charge is 0.309 e. The Labute approximate surface area is 200 Å². The third kappa shape index (κ3) is 9.76. The Balaban J connectivity index is 2.03. The largest absolute Gasteiger partial charge is 0.457 e. The van der Waals surface area contributed by atoms with Gasteiger partial charge in [-0.1, -0.05) is 64.5 Å². The molecule has 2 aliphatic heterocycles. The number of cyclic esters (lactones) is 1. The Morgan fingerprint density at radius 2 is 2.06 bits per heavy atom. The van der Waals surface area contributed by atoms with E-state index in [1.54, 1.807) is 13.0 Å². The highest BCUT2D eigenvalue weighted by molar-refractivity contribution is 5.70. The predicted octanol–water partition coefficient (Wildman–Crippen LogP) is 5.51. The van der Waals surface area contributed by atoms with Gasteiger partial charge in [-0.3, -0.25) is 4.79 Å². The molecule has 0 aromatic carbocycles. The molecule has 2 rings (SSSR count). The van der Waals surface area contributed by atoms with E-state index in [-0.39, 0.29) is 30.5 Å². The third-order valence-electron chi connectivity index (χ3n) is 6.91. The summed E-state index contributed by atoms with van der Waals surface area (Å²) >= 11 is 0. The first-order valence-electron chi connectivity index (χ1n) is 12.8. The number of aliphatic hydroxyl groups is 2. The van der Waals surface area contributed by atoms with Gasteiger partial charge in [-0.05, 0) is 56.9 Å². The quantitative estimate of drug-likeness (QED) is 0.215. The molecule has 0 spiro atoms. The zero-order valence-corrected chi connectivity index (χ0v) is 21.5. The van der Waals surface area contributed by atoms with Gasteiger partial charge in [0.1, 0.15) is 6.10 Å². The SMILES string of the molecule is CCC[C@@H](C)[C@H]1O[C@@H]1C[C@@](C)(O)/C=C/C=C(\C)[C@H]1OC(=O)C[C@H](O)CC[C@H](C)C/C=C/[C@@H]1C. The maximum atomic E-state index is 12.4. The average molecular weight is 463 g/mol. The van der Waals surface area contributed by atoms with E-state index >= 15 is 0 Å². The molecule has 1 fully saturated rings. The van der Waals surface area contributed by atoms with Crippen LogP contribution in [0.3, 0.4) is 0 Å². The van der Waals surface area contributed by atoms with Gasteiger partial charge in [-0.15, -0.1) is 0 Å². The monoisotopic (exact) mass is 462 g/mol. The summed E-state index contributed by atoms with van der Waals surface area (Å²) in [6.45, 7) is 12.4. The van der Waals surface area contributed by atoms with Crippen LogP contribution in [0.15, 0.2) is 36.0 Å². The maximum Gasteiger partial charge on any atom is 0.309 e. The van der Waals surface area contributed by atoms with Gasteiger partial charge < -0.3 is 19.7 Å². The molecule has 2 aliphatic rings. The molecule has 8 atom stereocenters. The van der Waals surface area contributed by atoms with Gasteiger partial charge >= 0.3 is 5.97 Å². The first-order valence-corrected chi connectivity index (χ1v) is 12.8.